The zero-order valence-corrected chi connectivity index (χ0v) is 13.2. The van der Waals surface area contributed by atoms with E-state index < -0.39 is 59.9 Å². The van der Waals surface area contributed by atoms with Crippen molar-refractivity contribution in [2.24, 2.45) is 0 Å². The minimum Gasteiger partial charge on any atom is -0.456 e. The summed E-state index contributed by atoms with van der Waals surface area (Å²) in [6.45, 7) is 4.24. The molecule has 0 aliphatic carbocycles. The predicted molar refractivity (Wildman–Crippen MR) is 72.9 cm³/mol. The standard InChI is InChI=1S/C13H19NO9/c1-6-11(21-7(2)15)13(23-9(4)17)12(22-8(3)16)10(20-6)5-14(18)19/h6,10-13H,5H2,1-4H3/t6-,10+,11+,12+,13+/m0/s1. The number of rotatable bonds is 5. The Labute approximate surface area is 132 Å². The average Bonchev–Trinajstić information content (AvgIpc) is 2.36. The molecule has 1 fully saturated rings. The summed E-state index contributed by atoms with van der Waals surface area (Å²) in [5.74, 6) is -2.10. The van der Waals surface area contributed by atoms with E-state index in [9.17, 15) is 24.5 Å². The van der Waals surface area contributed by atoms with Gasteiger partial charge in [-0.1, -0.05) is 0 Å². The van der Waals surface area contributed by atoms with Crippen LogP contribution in [0.4, 0.5) is 0 Å². The highest BCUT2D eigenvalue weighted by Gasteiger charge is 2.51. The monoisotopic (exact) mass is 333 g/mol. The molecule has 1 aliphatic rings. The molecule has 0 N–H and O–H groups in total. The number of hydrogen-bond acceptors (Lipinski definition) is 9. The van der Waals surface area contributed by atoms with Crippen LogP contribution in [0.25, 0.3) is 0 Å². The van der Waals surface area contributed by atoms with Gasteiger partial charge in [-0.15, -0.1) is 0 Å². The highest BCUT2D eigenvalue weighted by Crippen LogP contribution is 2.28. The lowest BCUT2D eigenvalue weighted by atomic mass is 9.94. The lowest BCUT2D eigenvalue weighted by molar-refractivity contribution is -0.498. The fourth-order valence-electron chi connectivity index (χ4n) is 2.40. The van der Waals surface area contributed by atoms with E-state index in [4.69, 9.17) is 18.9 Å². The molecule has 0 bridgehead atoms. The number of carbonyl (C=O) groups is 3. The van der Waals surface area contributed by atoms with Crippen molar-refractivity contribution in [3.05, 3.63) is 10.1 Å². The molecule has 1 heterocycles. The predicted octanol–water partition coefficient (Wildman–Crippen LogP) is -0.154. The van der Waals surface area contributed by atoms with Crippen molar-refractivity contribution in [1.29, 1.82) is 0 Å². The maximum Gasteiger partial charge on any atom is 0.303 e. The Morgan fingerprint density at radius 2 is 1.39 bits per heavy atom. The Morgan fingerprint density at radius 1 is 0.957 bits per heavy atom. The zero-order chi connectivity index (χ0) is 17.7. The molecule has 130 valence electrons. The van der Waals surface area contributed by atoms with Gasteiger partial charge in [-0.05, 0) is 6.92 Å². The molecule has 0 spiro atoms. The first-order valence-corrected chi connectivity index (χ1v) is 6.90. The number of carbonyl (C=O) groups excluding carboxylic acids is 3. The van der Waals surface area contributed by atoms with E-state index in [1.165, 1.54) is 6.92 Å². The van der Waals surface area contributed by atoms with Crippen molar-refractivity contribution >= 4 is 17.9 Å². The molecule has 0 aromatic heterocycles. The normalized spacial score (nSPS) is 30.2. The summed E-state index contributed by atoms with van der Waals surface area (Å²) in [5.41, 5.74) is 0. The molecule has 0 amide bonds. The van der Waals surface area contributed by atoms with Gasteiger partial charge in [0.25, 0.3) is 0 Å². The van der Waals surface area contributed by atoms with Crippen LogP contribution in [0.2, 0.25) is 0 Å². The molecule has 0 saturated carbocycles. The number of nitrogens with zero attached hydrogens (tertiary/aromatic N) is 1. The maximum atomic E-state index is 11.3. The van der Waals surface area contributed by atoms with E-state index in [-0.39, 0.29) is 0 Å². The second kappa shape index (κ2) is 7.86. The van der Waals surface area contributed by atoms with Crippen LogP contribution in [0.3, 0.4) is 0 Å². The fourth-order valence-corrected chi connectivity index (χ4v) is 2.40. The van der Waals surface area contributed by atoms with Crippen LogP contribution in [0.1, 0.15) is 27.7 Å². The zero-order valence-electron chi connectivity index (χ0n) is 13.2. The molecule has 23 heavy (non-hydrogen) atoms. The van der Waals surface area contributed by atoms with Gasteiger partial charge in [0.05, 0.1) is 6.10 Å². The van der Waals surface area contributed by atoms with Crippen molar-refractivity contribution in [3.8, 4) is 0 Å². The third-order valence-corrected chi connectivity index (χ3v) is 3.10. The Kier molecular flexibility index (Phi) is 6.43. The summed E-state index contributed by atoms with van der Waals surface area (Å²) in [7, 11) is 0. The van der Waals surface area contributed by atoms with Crippen molar-refractivity contribution in [3.63, 3.8) is 0 Å². The van der Waals surface area contributed by atoms with Crippen LogP contribution in [0.15, 0.2) is 0 Å². The van der Waals surface area contributed by atoms with Gasteiger partial charge in [-0.3, -0.25) is 24.5 Å². The van der Waals surface area contributed by atoms with Gasteiger partial charge in [0.15, 0.2) is 24.4 Å². The number of nitro groups is 1. The molecule has 1 rings (SSSR count). The van der Waals surface area contributed by atoms with Crippen molar-refractivity contribution in [2.45, 2.75) is 58.2 Å². The lowest BCUT2D eigenvalue weighted by Crippen LogP contribution is -2.61. The third-order valence-electron chi connectivity index (χ3n) is 3.10. The number of ether oxygens (including phenoxy) is 4. The summed E-state index contributed by atoms with van der Waals surface area (Å²) in [4.78, 5) is 44.0. The molecule has 1 saturated heterocycles. The topological polar surface area (TPSA) is 131 Å². The highest BCUT2D eigenvalue weighted by molar-refractivity contribution is 5.68. The molecular formula is C13H19NO9. The summed E-state index contributed by atoms with van der Waals surface area (Å²) in [6.07, 6.45) is -5.44. The first-order valence-electron chi connectivity index (χ1n) is 6.90. The van der Waals surface area contributed by atoms with Gasteiger partial charge in [0, 0.05) is 25.7 Å². The summed E-state index contributed by atoms with van der Waals surface area (Å²) in [5, 5.41) is 10.8. The molecule has 0 aromatic carbocycles. The van der Waals surface area contributed by atoms with E-state index in [2.05, 4.69) is 0 Å². The van der Waals surface area contributed by atoms with Crippen LogP contribution < -0.4 is 0 Å². The van der Waals surface area contributed by atoms with Crippen LogP contribution in [0.5, 0.6) is 0 Å². The quantitative estimate of drug-likeness (QED) is 0.291. The maximum absolute atomic E-state index is 11.3. The smallest absolute Gasteiger partial charge is 0.303 e. The number of esters is 3. The molecule has 1 aliphatic heterocycles. The van der Waals surface area contributed by atoms with Gasteiger partial charge < -0.3 is 18.9 Å². The van der Waals surface area contributed by atoms with Gasteiger partial charge in [-0.2, -0.15) is 0 Å². The van der Waals surface area contributed by atoms with Crippen molar-refractivity contribution in [1.82, 2.24) is 0 Å². The van der Waals surface area contributed by atoms with Gasteiger partial charge >= 0.3 is 17.9 Å². The Bertz CT molecular complexity index is 492. The molecular weight excluding hydrogens is 314 g/mol. The molecule has 5 atom stereocenters. The molecule has 0 aromatic rings. The van der Waals surface area contributed by atoms with E-state index in [0.29, 0.717) is 0 Å². The van der Waals surface area contributed by atoms with Crippen LogP contribution in [0, 0.1) is 10.1 Å². The second-order valence-electron chi connectivity index (χ2n) is 5.12. The van der Waals surface area contributed by atoms with E-state index in [0.717, 1.165) is 20.8 Å². The number of hydrogen-bond donors (Lipinski definition) is 0. The van der Waals surface area contributed by atoms with E-state index >= 15 is 0 Å². The van der Waals surface area contributed by atoms with Crippen LogP contribution in [-0.2, 0) is 33.3 Å². The molecule has 0 radical (unpaired) electrons. The lowest BCUT2D eigenvalue weighted by Gasteiger charge is -2.42. The second-order valence-corrected chi connectivity index (χ2v) is 5.12. The SMILES string of the molecule is CC(=O)O[C@@H]1[C@H](OC(C)=O)[C@H](C)O[C@H](C[N+](=O)[O-])[C@H]1OC(C)=O. The summed E-state index contributed by atoms with van der Waals surface area (Å²) < 4.78 is 20.7. The van der Waals surface area contributed by atoms with Crippen LogP contribution in [-0.4, -0.2) is 59.9 Å². The van der Waals surface area contributed by atoms with Crippen molar-refractivity contribution < 1.29 is 38.3 Å². The van der Waals surface area contributed by atoms with E-state index in [1.807, 2.05) is 0 Å². The highest BCUT2D eigenvalue weighted by atomic mass is 16.7. The minimum atomic E-state index is -1.26. The fraction of sp³-hybridized carbons (Fsp3) is 0.769. The first-order chi connectivity index (χ1) is 10.6. The molecule has 10 nitrogen and oxygen atoms in total. The van der Waals surface area contributed by atoms with Gasteiger partial charge in [0.1, 0.15) is 0 Å². The summed E-state index contributed by atoms with van der Waals surface area (Å²) in [6, 6.07) is 0. The van der Waals surface area contributed by atoms with Crippen molar-refractivity contribution in [2.75, 3.05) is 6.54 Å². The average molecular weight is 333 g/mol. The van der Waals surface area contributed by atoms with E-state index in [1.54, 1.807) is 0 Å². The summed E-state index contributed by atoms with van der Waals surface area (Å²) >= 11 is 0. The molecule has 0 unspecified atom stereocenters. The first kappa shape index (κ1) is 18.8. The Morgan fingerprint density at radius 3 is 1.83 bits per heavy atom. The third kappa shape index (κ3) is 5.47. The van der Waals surface area contributed by atoms with Gasteiger partial charge in [0.2, 0.25) is 6.54 Å². The Balaban J connectivity index is 3.15. The minimum absolute atomic E-state index is 0.634. The van der Waals surface area contributed by atoms with Gasteiger partial charge in [-0.25, -0.2) is 0 Å². The molecule has 10 heteroatoms. The Hall–Kier alpha value is -2.23. The largest absolute Gasteiger partial charge is 0.456 e. The van der Waals surface area contributed by atoms with Crippen LogP contribution >= 0.6 is 0 Å².